The maximum atomic E-state index is 12.2. The predicted molar refractivity (Wildman–Crippen MR) is 149 cm³/mol. The van der Waals surface area contributed by atoms with Gasteiger partial charge in [0.2, 0.25) is 0 Å². The van der Waals surface area contributed by atoms with Crippen LogP contribution in [-0.4, -0.2) is 46.6 Å². The number of aromatic hydroxyl groups is 2. The van der Waals surface area contributed by atoms with Gasteiger partial charge in [0.15, 0.2) is 11.5 Å². The van der Waals surface area contributed by atoms with E-state index in [9.17, 15) is 15.3 Å². The van der Waals surface area contributed by atoms with Gasteiger partial charge < -0.3 is 25.5 Å². The van der Waals surface area contributed by atoms with Gasteiger partial charge in [-0.05, 0) is 94.3 Å². The fraction of sp³-hybridized carbons (Fsp3) is 0.438. The fourth-order valence-electron chi connectivity index (χ4n) is 7.04. The van der Waals surface area contributed by atoms with Crippen molar-refractivity contribution in [3.05, 3.63) is 89.5 Å². The molecule has 3 aromatic rings. The van der Waals surface area contributed by atoms with E-state index >= 15 is 0 Å². The Morgan fingerprint density at radius 2 is 1.65 bits per heavy atom. The average Bonchev–Trinajstić information content (AvgIpc) is 2.92. The van der Waals surface area contributed by atoms with Gasteiger partial charge in [-0.2, -0.15) is 0 Å². The molecule has 0 radical (unpaired) electrons. The second kappa shape index (κ2) is 10.8. The van der Waals surface area contributed by atoms with Crippen LogP contribution in [0.5, 0.6) is 11.5 Å². The smallest absolute Gasteiger partial charge is 0.161 e. The molecular weight excluding hydrogens is 460 g/mol. The minimum Gasteiger partial charge on any atom is -0.504 e. The van der Waals surface area contributed by atoms with Crippen LogP contribution in [0.4, 0.5) is 5.69 Å². The van der Waals surface area contributed by atoms with Crippen molar-refractivity contribution in [2.45, 2.75) is 68.9 Å². The summed E-state index contributed by atoms with van der Waals surface area (Å²) in [6, 6.07) is 24.7. The van der Waals surface area contributed by atoms with Gasteiger partial charge in [0.25, 0.3) is 0 Å². The van der Waals surface area contributed by atoms with Crippen LogP contribution in [0.2, 0.25) is 0 Å². The van der Waals surface area contributed by atoms with E-state index in [0.29, 0.717) is 25.7 Å². The molecule has 5 heteroatoms. The predicted octanol–water partition coefficient (Wildman–Crippen LogP) is 5.31. The highest BCUT2D eigenvalue weighted by molar-refractivity contribution is 5.57. The lowest BCUT2D eigenvalue weighted by molar-refractivity contribution is -0.0922. The number of anilines is 1. The zero-order chi connectivity index (χ0) is 25.9. The first-order valence-corrected chi connectivity index (χ1v) is 13.8. The molecule has 0 spiro atoms. The van der Waals surface area contributed by atoms with Crippen LogP contribution in [0.15, 0.2) is 72.8 Å². The number of phenols is 2. The van der Waals surface area contributed by atoms with Gasteiger partial charge in [0, 0.05) is 29.3 Å². The number of fused-ring (bicyclic) bond motifs is 3. The summed E-state index contributed by atoms with van der Waals surface area (Å²) in [7, 11) is 0. The van der Waals surface area contributed by atoms with Crippen LogP contribution in [0.3, 0.4) is 0 Å². The molecule has 3 aromatic carbocycles. The lowest BCUT2D eigenvalue weighted by Gasteiger charge is -2.58. The van der Waals surface area contributed by atoms with Gasteiger partial charge >= 0.3 is 0 Å². The van der Waals surface area contributed by atoms with Gasteiger partial charge in [0.1, 0.15) is 0 Å². The minimum atomic E-state index is -0.918. The molecule has 0 aromatic heterocycles. The molecule has 0 aliphatic heterocycles. The summed E-state index contributed by atoms with van der Waals surface area (Å²) in [6.45, 7) is 4.64. The molecule has 0 saturated heterocycles. The first-order chi connectivity index (χ1) is 18.0. The van der Waals surface area contributed by atoms with Crippen LogP contribution < -0.4 is 10.2 Å². The normalized spacial score (nSPS) is 24.8. The number of benzene rings is 3. The molecule has 0 heterocycles. The molecule has 0 amide bonds. The second-order valence-electron chi connectivity index (χ2n) is 10.8. The second-order valence-corrected chi connectivity index (χ2v) is 10.8. The SMILES string of the molecule is CCN(c1ccccc1)C1CCC2(O)CCc3ccc(O)c(O)c3[C@@]2(CCNCCc2ccccc2)C1. The zero-order valence-electron chi connectivity index (χ0n) is 21.9. The van der Waals surface area contributed by atoms with Gasteiger partial charge in [0.05, 0.1) is 5.60 Å². The maximum Gasteiger partial charge on any atom is 0.161 e. The van der Waals surface area contributed by atoms with Crippen molar-refractivity contribution in [3.8, 4) is 11.5 Å². The largest absolute Gasteiger partial charge is 0.504 e. The van der Waals surface area contributed by atoms with Crippen molar-refractivity contribution in [2.75, 3.05) is 24.5 Å². The van der Waals surface area contributed by atoms with E-state index in [1.807, 2.05) is 18.2 Å². The molecule has 2 aliphatic rings. The number of phenolic OH excluding ortho intramolecular Hbond substituents is 2. The van der Waals surface area contributed by atoms with Crippen molar-refractivity contribution >= 4 is 5.69 Å². The number of hydrogen-bond acceptors (Lipinski definition) is 5. The third-order valence-electron chi connectivity index (χ3n) is 8.93. The first kappa shape index (κ1) is 25.6. The third kappa shape index (κ3) is 4.83. The number of aryl methyl sites for hydroxylation is 1. The molecule has 1 fully saturated rings. The van der Waals surface area contributed by atoms with Crippen molar-refractivity contribution < 1.29 is 15.3 Å². The highest BCUT2D eigenvalue weighted by Gasteiger charge is 2.58. The topological polar surface area (TPSA) is 76.0 Å². The van der Waals surface area contributed by atoms with Crippen LogP contribution in [-0.2, 0) is 18.3 Å². The van der Waals surface area contributed by atoms with Gasteiger partial charge in [-0.15, -0.1) is 0 Å². The number of aliphatic hydroxyl groups is 1. The Kier molecular flexibility index (Phi) is 7.45. The summed E-state index contributed by atoms with van der Waals surface area (Å²) in [5, 5.41) is 37.6. The lowest BCUT2D eigenvalue weighted by Crippen LogP contribution is -2.62. The highest BCUT2D eigenvalue weighted by atomic mass is 16.3. The van der Waals surface area contributed by atoms with Crippen molar-refractivity contribution in [2.24, 2.45) is 0 Å². The van der Waals surface area contributed by atoms with Crippen molar-refractivity contribution in [3.63, 3.8) is 0 Å². The average molecular weight is 501 g/mol. The Morgan fingerprint density at radius 1 is 0.919 bits per heavy atom. The van der Waals surface area contributed by atoms with Crippen LogP contribution in [0, 0.1) is 0 Å². The molecule has 196 valence electrons. The molecular formula is C32H40N2O3. The molecule has 0 bridgehead atoms. The van der Waals surface area contributed by atoms with E-state index in [1.54, 1.807) is 6.07 Å². The monoisotopic (exact) mass is 500 g/mol. The van der Waals surface area contributed by atoms with Gasteiger partial charge in [-0.1, -0.05) is 54.6 Å². The highest BCUT2D eigenvalue weighted by Crippen LogP contribution is 2.58. The van der Waals surface area contributed by atoms with E-state index in [1.165, 1.54) is 11.3 Å². The van der Waals surface area contributed by atoms with E-state index in [-0.39, 0.29) is 17.5 Å². The Hall–Kier alpha value is -3.02. The van der Waals surface area contributed by atoms with Gasteiger partial charge in [-0.25, -0.2) is 0 Å². The minimum absolute atomic E-state index is 0.0525. The van der Waals surface area contributed by atoms with Crippen LogP contribution >= 0.6 is 0 Å². The summed E-state index contributed by atoms with van der Waals surface area (Å²) in [5.41, 5.74) is 2.74. The van der Waals surface area contributed by atoms with E-state index in [2.05, 4.69) is 65.7 Å². The van der Waals surface area contributed by atoms with Crippen molar-refractivity contribution in [1.82, 2.24) is 5.32 Å². The van der Waals surface area contributed by atoms with E-state index < -0.39 is 11.0 Å². The first-order valence-electron chi connectivity index (χ1n) is 13.8. The summed E-state index contributed by atoms with van der Waals surface area (Å²) in [6.07, 6.45) is 5.35. The Morgan fingerprint density at radius 3 is 2.38 bits per heavy atom. The van der Waals surface area contributed by atoms with Gasteiger partial charge in [-0.3, -0.25) is 0 Å². The number of rotatable bonds is 9. The van der Waals surface area contributed by atoms with Crippen LogP contribution in [0.1, 0.15) is 55.7 Å². The number of hydrogen-bond donors (Lipinski definition) is 4. The molecule has 2 unspecified atom stereocenters. The molecule has 3 atom stereocenters. The molecule has 4 N–H and O–H groups in total. The standard InChI is InChI=1S/C32H40N2O3/c1-2-34(26-11-7-4-8-12-26)27-16-19-32(37)18-15-25-13-14-28(35)30(36)29(25)31(32,23-27)20-22-33-21-17-24-9-5-3-6-10-24/h3-14,27,33,35-37H,2,15-23H2,1H3/t27?,31-,32?/m1/s1. The maximum absolute atomic E-state index is 12.2. The number of nitrogens with zero attached hydrogens (tertiary/aromatic N) is 1. The molecule has 1 saturated carbocycles. The fourth-order valence-corrected chi connectivity index (χ4v) is 7.04. The Bertz CT molecular complexity index is 1190. The quantitative estimate of drug-likeness (QED) is 0.237. The van der Waals surface area contributed by atoms with E-state index in [4.69, 9.17) is 0 Å². The molecule has 5 nitrogen and oxygen atoms in total. The lowest BCUT2D eigenvalue weighted by atomic mass is 9.52. The summed E-state index contributed by atoms with van der Waals surface area (Å²) in [4.78, 5) is 2.44. The van der Waals surface area contributed by atoms with Crippen LogP contribution in [0.25, 0.3) is 0 Å². The Labute approximate surface area is 220 Å². The Balaban J connectivity index is 1.45. The van der Waals surface area contributed by atoms with E-state index in [0.717, 1.165) is 50.0 Å². The zero-order valence-corrected chi connectivity index (χ0v) is 21.9. The summed E-state index contributed by atoms with van der Waals surface area (Å²) >= 11 is 0. The number of para-hydroxylation sites is 1. The summed E-state index contributed by atoms with van der Waals surface area (Å²) in [5.74, 6) is -0.153. The molecule has 5 rings (SSSR count). The number of nitrogens with one attached hydrogen (secondary N) is 1. The summed E-state index contributed by atoms with van der Waals surface area (Å²) < 4.78 is 0. The third-order valence-corrected chi connectivity index (χ3v) is 8.93. The molecule has 2 aliphatic carbocycles. The van der Waals surface area contributed by atoms with Crippen molar-refractivity contribution in [1.29, 1.82) is 0 Å². The molecule has 37 heavy (non-hydrogen) atoms.